The minimum absolute atomic E-state index is 0.0166. The maximum atomic E-state index is 11.9. The lowest BCUT2D eigenvalue weighted by molar-refractivity contribution is -0.118. The summed E-state index contributed by atoms with van der Waals surface area (Å²) in [5.74, 6) is -0.0166. The van der Waals surface area contributed by atoms with Crippen molar-refractivity contribution in [3.05, 3.63) is 29.8 Å². The number of anilines is 1. The van der Waals surface area contributed by atoms with Crippen LogP contribution in [0.3, 0.4) is 0 Å². The molecule has 0 saturated carbocycles. The molecule has 98 valence electrons. The van der Waals surface area contributed by atoms with Gasteiger partial charge in [0.1, 0.15) is 0 Å². The zero-order chi connectivity index (χ0) is 12.8. The van der Waals surface area contributed by atoms with E-state index in [0.29, 0.717) is 13.0 Å². The van der Waals surface area contributed by atoms with E-state index in [9.17, 15) is 4.79 Å². The second kappa shape index (κ2) is 6.49. The summed E-state index contributed by atoms with van der Waals surface area (Å²) in [7, 11) is 0. The molecular weight excluding hydrogens is 230 g/mol. The van der Waals surface area contributed by atoms with E-state index in [1.807, 2.05) is 24.3 Å². The first-order valence-electron chi connectivity index (χ1n) is 6.24. The lowest BCUT2D eigenvalue weighted by Crippen LogP contribution is -2.54. The van der Waals surface area contributed by atoms with Crippen molar-refractivity contribution in [1.29, 1.82) is 0 Å². The first-order chi connectivity index (χ1) is 8.79. The molecule has 0 aromatic heterocycles. The van der Waals surface area contributed by atoms with E-state index in [-0.39, 0.29) is 18.6 Å². The third kappa shape index (κ3) is 3.53. The molecule has 0 radical (unpaired) electrons. The van der Waals surface area contributed by atoms with Gasteiger partial charge in [0.2, 0.25) is 5.91 Å². The lowest BCUT2D eigenvalue weighted by atomic mass is 10.1. The highest BCUT2D eigenvalue weighted by Gasteiger charge is 2.19. The SMILES string of the molecule is O=C(Nc1ccc(CCO)cc1)C1CNCCN1. The highest BCUT2D eigenvalue weighted by Crippen LogP contribution is 2.10. The summed E-state index contributed by atoms with van der Waals surface area (Å²) in [5.41, 5.74) is 1.85. The summed E-state index contributed by atoms with van der Waals surface area (Å²) in [5, 5.41) is 18.0. The number of hydrogen-bond acceptors (Lipinski definition) is 4. The summed E-state index contributed by atoms with van der Waals surface area (Å²) < 4.78 is 0. The molecule has 5 heteroatoms. The van der Waals surface area contributed by atoms with Gasteiger partial charge in [0.15, 0.2) is 0 Å². The molecule has 1 heterocycles. The third-order valence-corrected chi connectivity index (χ3v) is 2.98. The molecule has 0 bridgehead atoms. The zero-order valence-corrected chi connectivity index (χ0v) is 10.3. The molecule has 5 nitrogen and oxygen atoms in total. The molecule has 0 aliphatic carbocycles. The predicted molar refractivity (Wildman–Crippen MR) is 70.5 cm³/mol. The van der Waals surface area contributed by atoms with Crippen LogP contribution in [0.1, 0.15) is 5.56 Å². The Balaban J connectivity index is 1.89. The van der Waals surface area contributed by atoms with Gasteiger partial charge in [-0.1, -0.05) is 12.1 Å². The third-order valence-electron chi connectivity index (χ3n) is 2.98. The van der Waals surface area contributed by atoms with Crippen molar-refractivity contribution in [1.82, 2.24) is 10.6 Å². The normalized spacial score (nSPS) is 19.5. The average molecular weight is 249 g/mol. The number of rotatable bonds is 4. The predicted octanol–water partition coefficient (Wildman–Crippen LogP) is -0.279. The Morgan fingerprint density at radius 2 is 2.11 bits per heavy atom. The van der Waals surface area contributed by atoms with Gasteiger partial charge < -0.3 is 21.1 Å². The molecule has 1 unspecified atom stereocenters. The molecule has 1 aliphatic heterocycles. The van der Waals surface area contributed by atoms with Crippen LogP contribution in [0.2, 0.25) is 0 Å². The minimum Gasteiger partial charge on any atom is -0.396 e. The van der Waals surface area contributed by atoms with Crippen molar-refractivity contribution in [3.63, 3.8) is 0 Å². The summed E-state index contributed by atoms with van der Waals surface area (Å²) >= 11 is 0. The van der Waals surface area contributed by atoms with Crippen molar-refractivity contribution in [2.24, 2.45) is 0 Å². The van der Waals surface area contributed by atoms with Gasteiger partial charge in [0, 0.05) is 31.9 Å². The molecule has 1 amide bonds. The van der Waals surface area contributed by atoms with Crippen molar-refractivity contribution in [2.45, 2.75) is 12.5 Å². The number of carbonyl (C=O) groups excluding carboxylic acids is 1. The van der Waals surface area contributed by atoms with E-state index in [4.69, 9.17) is 5.11 Å². The molecule has 4 N–H and O–H groups in total. The minimum atomic E-state index is -0.170. The zero-order valence-electron chi connectivity index (χ0n) is 10.3. The number of piperazine rings is 1. The Kier molecular flexibility index (Phi) is 4.69. The van der Waals surface area contributed by atoms with Crippen molar-refractivity contribution < 1.29 is 9.90 Å². The quantitative estimate of drug-likeness (QED) is 0.592. The van der Waals surface area contributed by atoms with Gasteiger partial charge in [-0.15, -0.1) is 0 Å². The molecule has 1 aromatic carbocycles. The van der Waals surface area contributed by atoms with E-state index in [2.05, 4.69) is 16.0 Å². The van der Waals surface area contributed by atoms with E-state index in [1.165, 1.54) is 0 Å². The van der Waals surface area contributed by atoms with Gasteiger partial charge in [0.25, 0.3) is 0 Å². The molecule has 0 spiro atoms. The largest absolute Gasteiger partial charge is 0.396 e. The summed E-state index contributed by atoms with van der Waals surface area (Å²) in [4.78, 5) is 11.9. The standard InChI is InChI=1S/C13H19N3O2/c17-8-5-10-1-3-11(4-2-10)16-13(18)12-9-14-6-7-15-12/h1-4,12,14-15,17H,5-9H2,(H,16,18). The van der Waals surface area contributed by atoms with Gasteiger partial charge in [-0.05, 0) is 24.1 Å². The van der Waals surface area contributed by atoms with Crippen molar-refractivity contribution in [3.8, 4) is 0 Å². The molecule has 1 aliphatic rings. The Morgan fingerprint density at radius 1 is 1.33 bits per heavy atom. The second-order valence-corrected chi connectivity index (χ2v) is 4.37. The summed E-state index contributed by atoms with van der Waals surface area (Å²) in [6, 6.07) is 7.38. The highest BCUT2D eigenvalue weighted by molar-refractivity contribution is 5.95. The van der Waals surface area contributed by atoms with Crippen LogP contribution < -0.4 is 16.0 Å². The van der Waals surface area contributed by atoms with Crippen LogP contribution >= 0.6 is 0 Å². The number of aliphatic hydroxyl groups is 1. The van der Waals surface area contributed by atoms with Gasteiger partial charge >= 0.3 is 0 Å². The van der Waals surface area contributed by atoms with Gasteiger partial charge in [0.05, 0.1) is 6.04 Å². The number of nitrogens with one attached hydrogen (secondary N) is 3. The Morgan fingerprint density at radius 3 is 2.72 bits per heavy atom. The number of hydrogen-bond donors (Lipinski definition) is 4. The Bertz CT molecular complexity index is 386. The average Bonchev–Trinajstić information content (AvgIpc) is 2.42. The Hall–Kier alpha value is -1.43. The first kappa shape index (κ1) is 13.0. The van der Waals surface area contributed by atoms with Crippen LogP contribution in [0, 0.1) is 0 Å². The summed E-state index contributed by atoms with van der Waals surface area (Å²) in [6.45, 7) is 2.52. The topological polar surface area (TPSA) is 73.4 Å². The van der Waals surface area contributed by atoms with Crippen LogP contribution in [0.15, 0.2) is 24.3 Å². The molecule has 1 fully saturated rings. The Labute approximate surface area is 107 Å². The monoisotopic (exact) mass is 249 g/mol. The molecule has 1 saturated heterocycles. The fourth-order valence-corrected chi connectivity index (χ4v) is 1.95. The van der Waals surface area contributed by atoms with Gasteiger partial charge in [-0.25, -0.2) is 0 Å². The van der Waals surface area contributed by atoms with Crippen LogP contribution in [0.4, 0.5) is 5.69 Å². The number of carbonyl (C=O) groups is 1. The van der Waals surface area contributed by atoms with Crippen molar-refractivity contribution >= 4 is 11.6 Å². The fourth-order valence-electron chi connectivity index (χ4n) is 1.95. The molecular formula is C13H19N3O2. The summed E-state index contributed by atoms with van der Waals surface area (Å²) in [6.07, 6.45) is 0.641. The van der Waals surface area contributed by atoms with Crippen LogP contribution in [0.25, 0.3) is 0 Å². The van der Waals surface area contributed by atoms with Gasteiger partial charge in [-0.2, -0.15) is 0 Å². The van der Waals surface area contributed by atoms with E-state index >= 15 is 0 Å². The van der Waals surface area contributed by atoms with E-state index in [1.54, 1.807) is 0 Å². The van der Waals surface area contributed by atoms with Crippen LogP contribution in [-0.4, -0.2) is 43.3 Å². The molecule has 1 aromatic rings. The maximum absolute atomic E-state index is 11.9. The van der Waals surface area contributed by atoms with Crippen LogP contribution in [0.5, 0.6) is 0 Å². The van der Waals surface area contributed by atoms with E-state index < -0.39 is 0 Å². The lowest BCUT2D eigenvalue weighted by Gasteiger charge is -2.23. The van der Waals surface area contributed by atoms with Gasteiger partial charge in [-0.3, -0.25) is 4.79 Å². The van der Waals surface area contributed by atoms with Crippen molar-refractivity contribution in [2.75, 3.05) is 31.6 Å². The van der Waals surface area contributed by atoms with E-state index in [0.717, 1.165) is 24.3 Å². The highest BCUT2D eigenvalue weighted by atomic mass is 16.2. The maximum Gasteiger partial charge on any atom is 0.242 e. The molecule has 2 rings (SSSR count). The van der Waals surface area contributed by atoms with Crippen LogP contribution in [-0.2, 0) is 11.2 Å². The fraction of sp³-hybridized carbons (Fsp3) is 0.462. The first-order valence-corrected chi connectivity index (χ1v) is 6.24. The number of aliphatic hydroxyl groups excluding tert-OH is 1. The smallest absolute Gasteiger partial charge is 0.242 e. The molecule has 1 atom stereocenters. The number of amides is 1. The number of benzene rings is 1. The second-order valence-electron chi connectivity index (χ2n) is 4.37. The molecule has 18 heavy (non-hydrogen) atoms.